The van der Waals surface area contributed by atoms with Gasteiger partial charge >= 0.3 is 0 Å². The first-order chi connectivity index (χ1) is 8.75. The summed E-state index contributed by atoms with van der Waals surface area (Å²) in [6.07, 6.45) is 1.62. The molecule has 1 aliphatic rings. The molecule has 18 heavy (non-hydrogen) atoms. The standard InChI is InChI=1S/C13H12ClN3O/c1-9-8-18-11-7-15-13(14)16-12(11)17(9)10-5-3-2-4-6-10/h2-7,9H,8H2,1H3. The van der Waals surface area contributed by atoms with Crippen molar-refractivity contribution < 1.29 is 4.74 Å². The first kappa shape index (κ1) is 11.3. The van der Waals surface area contributed by atoms with E-state index in [1.807, 2.05) is 30.3 Å². The second kappa shape index (κ2) is 4.46. The minimum atomic E-state index is 0.200. The molecule has 0 radical (unpaired) electrons. The SMILES string of the molecule is CC1COc2cnc(Cl)nc2N1c1ccccc1. The molecule has 0 saturated carbocycles. The van der Waals surface area contributed by atoms with Crippen molar-refractivity contribution in [2.24, 2.45) is 0 Å². The average Bonchev–Trinajstić information content (AvgIpc) is 2.39. The predicted molar refractivity (Wildman–Crippen MR) is 70.6 cm³/mol. The van der Waals surface area contributed by atoms with Crippen LogP contribution in [0.2, 0.25) is 5.28 Å². The first-order valence-corrected chi connectivity index (χ1v) is 6.13. The van der Waals surface area contributed by atoms with Gasteiger partial charge in [-0.05, 0) is 30.7 Å². The fraction of sp³-hybridized carbons (Fsp3) is 0.231. The van der Waals surface area contributed by atoms with Crippen molar-refractivity contribution in [2.45, 2.75) is 13.0 Å². The predicted octanol–water partition coefficient (Wildman–Crippen LogP) is 3.05. The van der Waals surface area contributed by atoms with Crippen molar-refractivity contribution in [1.82, 2.24) is 9.97 Å². The molecule has 0 bridgehead atoms. The Morgan fingerprint density at radius 2 is 2.11 bits per heavy atom. The number of benzene rings is 1. The van der Waals surface area contributed by atoms with Crippen LogP contribution in [0.5, 0.6) is 5.75 Å². The largest absolute Gasteiger partial charge is 0.486 e. The molecule has 1 aromatic carbocycles. The molecule has 0 fully saturated rings. The van der Waals surface area contributed by atoms with E-state index >= 15 is 0 Å². The van der Waals surface area contributed by atoms with Gasteiger partial charge in [0.2, 0.25) is 5.28 Å². The van der Waals surface area contributed by atoms with Gasteiger partial charge in [0.15, 0.2) is 11.6 Å². The van der Waals surface area contributed by atoms with E-state index < -0.39 is 0 Å². The summed E-state index contributed by atoms with van der Waals surface area (Å²) >= 11 is 5.87. The second-order valence-corrected chi connectivity index (χ2v) is 4.53. The smallest absolute Gasteiger partial charge is 0.224 e. The first-order valence-electron chi connectivity index (χ1n) is 5.75. The number of fused-ring (bicyclic) bond motifs is 1. The number of halogens is 1. The Kier molecular flexibility index (Phi) is 2.80. The molecule has 0 saturated heterocycles. The summed E-state index contributed by atoms with van der Waals surface area (Å²) < 4.78 is 5.62. The van der Waals surface area contributed by atoms with Gasteiger partial charge in [-0.2, -0.15) is 4.98 Å². The molecular weight excluding hydrogens is 250 g/mol. The number of anilines is 2. The van der Waals surface area contributed by atoms with Gasteiger partial charge in [0.25, 0.3) is 0 Å². The van der Waals surface area contributed by atoms with Gasteiger partial charge in [0, 0.05) is 5.69 Å². The minimum Gasteiger partial charge on any atom is -0.486 e. The summed E-state index contributed by atoms with van der Waals surface area (Å²) in [5, 5.41) is 0.229. The van der Waals surface area contributed by atoms with Gasteiger partial charge in [-0.25, -0.2) is 4.98 Å². The molecule has 0 amide bonds. The van der Waals surface area contributed by atoms with E-state index in [0.717, 1.165) is 11.5 Å². The fourth-order valence-electron chi connectivity index (χ4n) is 2.07. The van der Waals surface area contributed by atoms with Crippen LogP contribution in [0.15, 0.2) is 36.5 Å². The highest BCUT2D eigenvalue weighted by Crippen LogP contribution is 2.37. The van der Waals surface area contributed by atoms with Crippen molar-refractivity contribution >= 4 is 23.1 Å². The Hall–Kier alpha value is -1.81. The lowest BCUT2D eigenvalue weighted by atomic mass is 10.2. The number of hydrogen-bond acceptors (Lipinski definition) is 4. The average molecular weight is 262 g/mol. The lowest BCUT2D eigenvalue weighted by molar-refractivity contribution is 0.275. The maximum absolute atomic E-state index is 5.87. The van der Waals surface area contributed by atoms with E-state index in [9.17, 15) is 0 Å². The highest BCUT2D eigenvalue weighted by atomic mass is 35.5. The second-order valence-electron chi connectivity index (χ2n) is 4.19. The van der Waals surface area contributed by atoms with Crippen LogP contribution in [0.3, 0.4) is 0 Å². The number of aromatic nitrogens is 2. The summed E-state index contributed by atoms with van der Waals surface area (Å²) in [5.74, 6) is 1.39. The molecule has 2 aromatic rings. The molecule has 1 aliphatic heterocycles. The fourth-order valence-corrected chi connectivity index (χ4v) is 2.20. The van der Waals surface area contributed by atoms with Crippen LogP contribution in [-0.2, 0) is 0 Å². The number of nitrogens with zero attached hydrogens (tertiary/aromatic N) is 3. The van der Waals surface area contributed by atoms with Crippen molar-refractivity contribution in [1.29, 1.82) is 0 Å². The highest BCUT2D eigenvalue weighted by Gasteiger charge is 2.27. The molecule has 3 rings (SSSR count). The lowest BCUT2D eigenvalue weighted by Crippen LogP contribution is -2.38. The van der Waals surface area contributed by atoms with Crippen LogP contribution < -0.4 is 9.64 Å². The van der Waals surface area contributed by atoms with Gasteiger partial charge in [0.05, 0.1) is 12.2 Å². The minimum absolute atomic E-state index is 0.200. The summed E-state index contributed by atoms with van der Waals surface area (Å²) in [6.45, 7) is 2.69. The van der Waals surface area contributed by atoms with E-state index in [1.165, 1.54) is 0 Å². The Morgan fingerprint density at radius 1 is 1.33 bits per heavy atom. The number of para-hydroxylation sites is 1. The molecule has 4 nitrogen and oxygen atoms in total. The summed E-state index contributed by atoms with van der Waals surface area (Å²) in [7, 11) is 0. The molecule has 5 heteroatoms. The van der Waals surface area contributed by atoms with Crippen LogP contribution in [0.25, 0.3) is 0 Å². The van der Waals surface area contributed by atoms with E-state index in [-0.39, 0.29) is 11.3 Å². The normalized spacial score (nSPS) is 18.1. The van der Waals surface area contributed by atoms with Crippen LogP contribution in [0, 0.1) is 0 Å². The number of ether oxygens (including phenoxy) is 1. The summed E-state index contributed by atoms with van der Waals surface area (Å²) in [4.78, 5) is 10.3. The van der Waals surface area contributed by atoms with E-state index in [1.54, 1.807) is 6.20 Å². The van der Waals surface area contributed by atoms with Crippen molar-refractivity contribution in [3.05, 3.63) is 41.8 Å². The third-order valence-corrected chi connectivity index (χ3v) is 3.07. The summed E-state index contributed by atoms with van der Waals surface area (Å²) in [6, 6.07) is 10.3. The maximum atomic E-state index is 5.87. The van der Waals surface area contributed by atoms with Crippen LogP contribution in [0.1, 0.15) is 6.92 Å². The van der Waals surface area contributed by atoms with Crippen LogP contribution in [-0.4, -0.2) is 22.6 Å². The number of hydrogen-bond donors (Lipinski definition) is 0. The van der Waals surface area contributed by atoms with Crippen LogP contribution in [0.4, 0.5) is 11.5 Å². The molecule has 0 N–H and O–H groups in total. The third kappa shape index (κ3) is 1.88. The highest BCUT2D eigenvalue weighted by molar-refractivity contribution is 6.28. The molecule has 2 heterocycles. The van der Waals surface area contributed by atoms with E-state index in [0.29, 0.717) is 12.4 Å². The van der Waals surface area contributed by atoms with Crippen molar-refractivity contribution in [3.63, 3.8) is 0 Å². The zero-order chi connectivity index (χ0) is 12.5. The van der Waals surface area contributed by atoms with Crippen molar-refractivity contribution in [2.75, 3.05) is 11.5 Å². The molecule has 92 valence electrons. The molecule has 0 aliphatic carbocycles. The van der Waals surface area contributed by atoms with Gasteiger partial charge in [-0.3, -0.25) is 0 Å². The Morgan fingerprint density at radius 3 is 2.89 bits per heavy atom. The Balaban J connectivity index is 2.12. The third-order valence-electron chi connectivity index (χ3n) is 2.89. The quantitative estimate of drug-likeness (QED) is 0.740. The van der Waals surface area contributed by atoms with Gasteiger partial charge in [-0.15, -0.1) is 0 Å². The molecule has 1 atom stereocenters. The summed E-state index contributed by atoms with van der Waals surface area (Å²) in [5.41, 5.74) is 1.07. The van der Waals surface area contributed by atoms with Crippen molar-refractivity contribution in [3.8, 4) is 5.75 Å². The zero-order valence-electron chi connectivity index (χ0n) is 9.88. The molecule has 0 spiro atoms. The molecule has 1 aromatic heterocycles. The maximum Gasteiger partial charge on any atom is 0.224 e. The molecule has 1 unspecified atom stereocenters. The topological polar surface area (TPSA) is 38.3 Å². The van der Waals surface area contributed by atoms with E-state index in [2.05, 4.69) is 21.8 Å². The molecular formula is C13H12ClN3O. The van der Waals surface area contributed by atoms with Crippen LogP contribution >= 0.6 is 11.6 Å². The zero-order valence-corrected chi connectivity index (χ0v) is 10.6. The van der Waals surface area contributed by atoms with Gasteiger partial charge in [0.1, 0.15) is 6.61 Å². The van der Waals surface area contributed by atoms with Gasteiger partial charge < -0.3 is 9.64 Å². The monoisotopic (exact) mass is 261 g/mol. The van der Waals surface area contributed by atoms with Gasteiger partial charge in [-0.1, -0.05) is 18.2 Å². The number of rotatable bonds is 1. The lowest BCUT2D eigenvalue weighted by Gasteiger charge is -2.35. The Labute approximate surface area is 110 Å². The van der Waals surface area contributed by atoms with E-state index in [4.69, 9.17) is 16.3 Å². The Bertz CT molecular complexity index is 561.